The molecule has 2 aromatic heterocycles. The first kappa shape index (κ1) is 25.8. The number of pyridine rings is 1. The molecule has 204 valence electrons. The fourth-order valence-corrected chi connectivity index (χ4v) is 4.72. The van der Waals surface area contributed by atoms with Crippen LogP contribution >= 0.6 is 0 Å². The van der Waals surface area contributed by atoms with Crippen molar-refractivity contribution in [2.24, 2.45) is 5.92 Å². The molecule has 0 radical (unpaired) electrons. The molecular formula is C31H33N7O2. The lowest BCUT2D eigenvalue weighted by Crippen LogP contribution is -2.44. The van der Waals surface area contributed by atoms with Gasteiger partial charge in [0.2, 0.25) is 17.7 Å². The molecule has 0 unspecified atom stereocenters. The van der Waals surface area contributed by atoms with Gasteiger partial charge < -0.3 is 25.2 Å². The van der Waals surface area contributed by atoms with E-state index in [2.05, 4.69) is 61.7 Å². The van der Waals surface area contributed by atoms with Gasteiger partial charge in [0.1, 0.15) is 5.75 Å². The minimum atomic E-state index is 0.0826. The van der Waals surface area contributed by atoms with E-state index in [9.17, 15) is 4.79 Å². The highest BCUT2D eigenvalue weighted by molar-refractivity contribution is 5.94. The van der Waals surface area contributed by atoms with E-state index in [1.54, 1.807) is 12.4 Å². The van der Waals surface area contributed by atoms with Crippen LogP contribution in [-0.4, -0.2) is 59.0 Å². The molecule has 3 heterocycles. The van der Waals surface area contributed by atoms with E-state index >= 15 is 0 Å². The number of aromatic nitrogens is 3. The van der Waals surface area contributed by atoms with Crippen LogP contribution in [0.15, 0.2) is 73.1 Å². The summed E-state index contributed by atoms with van der Waals surface area (Å²) in [7, 11) is 2.16. The first-order chi connectivity index (χ1) is 19.5. The second-order valence-corrected chi connectivity index (χ2v) is 10.4. The van der Waals surface area contributed by atoms with Crippen LogP contribution in [0.2, 0.25) is 0 Å². The highest BCUT2D eigenvalue weighted by Gasteiger charge is 2.29. The average molecular weight is 536 g/mol. The first-order valence-electron chi connectivity index (χ1n) is 13.7. The summed E-state index contributed by atoms with van der Waals surface area (Å²) >= 11 is 0. The topological polar surface area (TPSA) is 95.5 Å². The smallest absolute Gasteiger partial charge is 0.228 e. The molecule has 1 aliphatic carbocycles. The van der Waals surface area contributed by atoms with Crippen LogP contribution in [0.3, 0.4) is 0 Å². The van der Waals surface area contributed by atoms with Gasteiger partial charge in [-0.25, -0.2) is 15.0 Å². The third-order valence-corrected chi connectivity index (χ3v) is 7.29. The molecule has 6 rings (SSSR count). The molecular weight excluding hydrogens is 502 g/mol. The van der Waals surface area contributed by atoms with Crippen molar-refractivity contribution < 1.29 is 9.53 Å². The zero-order valence-electron chi connectivity index (χ0n) is 22.8. The summed E-state index contributed by atoms with van der Waals surface area (Å²) < 4.78 is 6.24. The minimum absolute atomic E-state index is 0.0826. The van der Waals surface area contributed by atoms with Crippen molar-refractivity contribution in [2.45, 2.75) is 19.8 Å². The Balaban J connectivity index is 1.16. The lowest BCUT2D eigenvalue weighted by Gasteiger charge is -2.34. The Hall–Kier alpha value is -4.50. The Kier molecular flexibility index (Phi) is 7.29. The zero-order valence-corrected chi connectivity index (χ0v) is 22.8. The lowest BCUT2D eigenvalue weighted by molar-refractivity contribution is -0.117. The van der Waals surface area contributed by atoms with Gasteiger partial charge in [-0.05, 0) is 93.0 Å². The number of benzene rings is 2. The number of carbonyl (C=O) groups is 1. The molecule has 40 heavy (non-hydrogen) atoms. The van der Waals surface area contributed by atoms with E-state index in [0.29, 0.717) is 23.3 Å². The zero-order chi connectivity index (χ0) is 27.5. The molecule has 2 fully saturated rings. The van der Waals surface area contributed by atoms with Crippen molar-refractivity contribution in [1.82, 2.24) is 19.9 Å². The number of anilines is 4. The number of rotatable bonds is 8. The predicted octanol–water partition coefficient (Wildman–Crippen LogP) is 5.48. The van der Waals surface area contributed by atoms with Crippen LogP contribution in [0.25, 0.3) is 11.3 Å². The van der Waals surface area contributed by atoms with Gasteiger partial charge in [0, 0.05) is 61.6 Å². The fraction of sp³-hybridized carbons (Fsp3) is 0.290. The Morgan fingerprint density at radius 3 is 2.45 bits per heavy atom. The lowest BCUT2D eigenvalue weighted by atomic mass is 10.1. The molecule has 1 saturated heterocycles. The summed E-state index contributed by atoms with van der Waals surface area (Å²) in [6.45, 7) is 6.16. The monoisotopic (exact) mass is 535 g/mol. The number of hydrogen-bond donors (Lipinski definition) is 2. The maximum absolute atomic E-state index is 12.1. The van der Waals surface area contributed by atoms with Crippen molar-refractivity contribution in [3.63, 3.8) is 0 Å². The van der Waals surface area contributed by atoms with Crippen molar-refractivity contribution in [2.75, 3.05) is 48.8 Å². The van der Waals surface area contributed by atoms with E-state index in [4.69, 9.17) is 9.72 Å². The van der Waals surface area contributed by atoms with Crippen molar-refractivity contribution in [3.8, 4) is 22.9 Å². The summed E-state index contributed by atoms with van der Waals surface area (Å²) in [6.07, 6.45) is 5.36. The van der Waals surface area contributed by atoms with Crippen LogP contribution in [0.4, 0.5) is 23.0 Å². The molecule has 4 aromatic rings. The van der Waals surface area contributed by atoms with Crippen LogP contribution in [0, 0.1) is 12.8 Å². The molecule has 2 aliphatic rings. The summed E-state index contributed by atoms with van der Waals surface area (Å²) in [4.78, 5) is 30.5. The number of hydrogen-bond acceptors (Lipinski definition) is 8. The summed E-state index contributed by atoms with van der Waals surface area (Å²) in [5.41, 5.74) is 5.26. The summed E-state index contributed by atoms with van der Waals surface area (Å²) in [6, 6.07) is 19.6. The first-order valence-corrected chi connectivity index (χ1v) is 13.7. The van der Waals surface area contributed by atoms with Gasteiger partial charge in [0.15, 0.2) is 0 Å². The third kappa shape index (κ3) is 6.05. The average Bonchev–Trinajstić information content (AvgIpc) is 3.82. The Morgan fingerprint density at radius 2 is 1.70 bits per heavy atom. The van der Waals surface area contributed by atoms with Gasteiger partial charge >= 0.3 is 0 Å². The summed E-state index contributed by atoms with van der Waals surface area (Å²) in [5, 5.41) is 6.30. The Labute approximate surface area is 234 Å². The quantitative estimate of drug-likeness (QED) is 0.306. The SMILES string of the molecule is Cc1cc(NC(=O)C2CC2)ccc1Oc1ncccc1-c1ccnc(Nc2ccc(N3CCN(C)CC3)cc2)n1. The fourth-order valence-electron chi connectivity index (χ4n) is 4.72. The van der Waals surface area contributed by atoms with Gasteiger partial charge in [0.25, 0.3) is 0 Å². The molecule has 0 atom stereocenters. The number of nitrogens with zero attached hydrogens (tertiary/aromatic N) is 5. The second-order valence-electron chi connectivity index (χ2n) is 10.4. The Bertz CT molecular complexity index is 1500. The van der Waals surface area contributed by atoms with Crippen LogP contribution in [0.1, 0.15) is 18.4 Å². The molecule has 1 amide bonds. The molecule has 0 spiro atoms. The van der Waals surface area contributed by atoms with E-state index in [-0.39, 0.29) is 11.8 Å². The van der Waals surface area contributed by atoms with E-state index in [0.717, 1.165) is 61.5 Å². The molecule has 1 aliphatic heterocycles. The van der Waals surface area contributed by atoms with Gasteiger partial charge in [-0.1, -0.05) is 0 Å². The van der Waals surface area contributed by atoms with Crippen molar-refractivity contribution >= 4 is 28.9 Å². The normalized spacial score (nSPS) is 15.5. The van der Waals surface area contributed by atoms with Gasteiger partial charge in [-0.15, -0.1) is 0 Å². The van der Waals surface area contributed by atoms with Gasteiger partial charge in [0.05, 0.1) is 11.3 Å². The highest BCUT2D eigenvalue weighted by atomic mass is 16.5. The van der Waals surface area contributed by atoms with E-state index < -0.39 is 0 Å². The molecule has 9 nitrogen and oxygen atoms in total. The van der Waals surface area contributed by atoms with E-state index in [1.165, 1.54) is 5.69 Å². The molecule has 2 N–H and O–H groups in total. The largest absolute Gasteiger partial charge is 0.438 e. The van der Waals surface area contributed by atoms with Crippen LogP contribution < -0.4 is 20.3 Å². The maximum Gasteiger partial charge on any atom is 0.228 e. The number of ether oxygens (including phenoxy) is 1. The highest BCUT2D eigenvalue weighted by Crippen LogP contribution is 2.34. The van der Waals surface area contributed by atoms with Crippen LogP contribution in [-0.2, 0) is 4.79 Å². The van der Waals surface area contributed by atoms with Gasteiger partial charge in [-0.2, -0.15) is 0 Å². The standard InChI is InChI=1S/C31H33N7O2/c1-21-20-24(34-29(39)22-5-6-22)9-12-28(21)40-30-26(4-3-14-32-30)27-13-15-33-31(36-27)35-23-7-10-25(11-8-23)38-18-16-37(2)17-19-38/h3-4,7-15,20,22H,5-6,16-19H2,1-2H3,(H,34,39)(H,33,35,36). The molecule has 9 heteroatoms. The number of aryl methyl sites for hydroxylation is 1. The molecule has 2 aromatic carbocycles. The number of amides is 1. The molecule has 1 saturated carbocycles. The van der Waals surface area contributed by atoms with Gasteiger partial charge in [-0.3, -0.25) is 4.79 Å². The number of nitrogens with one attached hydrogen (secondary N) is 2. The van der Waals surface area contributed by atoms with Crippen LogP contribution in [0.5, 0.6) is 11.6 Å². The minimum Gasteiger partial charge on any atom is -0.438 e. The molecule has 0 bridgehead atoms. The number of carbonyl (C=O) groups excluding carboxylic acids is 1. The van der Waals surface area contributed by atoms with Crippen molar-refractivity contribution in [1.29, 1.82) is 0 Å². The number of likely N-dealkylation sites (N-methyl/N-ethyl adjacent to an activating group) is 1. The van der Waals surface area contributed by atoms with Crippen molar-refractivity contribution in [3.05, 3.63) is 78.6 Å². The Morgan fingerprint density at radius 1 is 0.925 bits per heavy atom. The maximum atomic E-state index is 12.1. The van der Waals surface area contributed by atoms with E-state index in [1.807, 2.05) is 43.3 Å². The second kappa shape index (κ2) is 11.3. The predicted molar refractivity (Wildman–Crippen MR) is 157 cm³/mol. The number of piperazine rings is 1. The summed E-state index contributed by atoms with van der Waals surface area (Å²) in [5.74, 6) is 1.84. The third-order valence-electron chi connectivity index (χ3n) is 7.29.